The maximum absolute atomic E-state index is 13.3. The molecular formula is C28H30F3N3O6S2. The Bertz CT molecular complexity index is 1580. The summed E-state index contributed by atoms with van der Waals surface area (Å²) < 4.78 is 99.9. The molecule has 1 heterocycles. The maximum atomic E-state index is 13.3. The van der Waals surface area contributed by atoms with Crippen molar-refractivity contribution in [2.45, 2.75) is 35.2 Å². The summed E-state index contributed by atoms with van der Waals surface area (Å²) in [7, 11) is -7.98. The van der Waals surface area contributed by atoms with Crippen LogP contribution in [0.25, 0.3) is 0 Å². The third-order valence-corrected chi connectivity index (χ3v) is 10.3. The van der Waals surface area contributed by atoms with Crippen LogP contribution < -0.4 is 14.4 Å². The molecule has 0 atom stereocenters. The summed E-state index contributed by atoms with van der Waals surface area (Å²) in [6.45, 7) is 0.116. The molecule has 14 heteroatoms. The maximum Gasteiger partial charge on any atom is 0.416 e. The lowest BCUT2D eigenvalue weighted by molar-refractivity contribution is -0.137. The van der Waals surface area contributed by atoms with E-state index in [0.717, 1.165) is 31.4 Å². The zero-order chi connectivity index (χ0) is 30.4. The predicted molar refractivity (Wildman–Crippen MR) is 150 cm³/mol. The molecule has 42 heavy (non-hydrogen) atoms. The van der Waals surface area contributed by atoms with Crippen LogP contribution in [0.4, 0.5) is 18.9 Å². The molecule has 3 aromatic rings. The van der Waals surface area contributed by atoms with Gasteiger partial charge in [-0.05, 0) is 67.4 Å². The number of carbonyl (C=O) groups is 1. The van der Waals surface area contributed by atoms with Crippen molar-refractivity contribution < 1.29 is 39.5 Å². The third-order valence-electron chi connectivity index (χ3n) is 6.55. The topological polar surface area (TPSA) is 113 Å². The van der Waals surface area contributed by atoms with Gasteiger partial charge >= 0.3 is 6.18 Å². The first-order chi connectivity index (χ1) is 19.9. The van der Waals surface area contributed by atoms with E-state index in [0.29, 0.717) is 29.2 Å². The van der Waals surface area contributed by atoms with Crippen molar-refractivity contribution in [3.05, 3.63) is 84.4 Å². The Kier molecular flexibility index (Phi) is 9.79. The minimum absolute atomic E-state index is 0.0288. The van der Waals surface area contributed by atoms with Crippen molar-refractivity contribution in [3.63, 3.8) is 0 Å². The number of halogens is 3. The number of rotatable bonds is 11. The fraction of sp³-hybridized carbons (Fsp3) is 0.321. The zero-order valence-corrected chi connectivity index (χ0v) is 24.1. The summed E-state index contributed by atoms with van der Waals surface area (Å²) in [4.78, 5) is 12.7. The quantitative estimate of drug-likeness (QED) is 0.319. The van der Waals surface area contributed by atoms with Gasteiger partial charge in [-0.15, -0.1) is 0 Å². The normalized spacial score (nSPS) is 14.7. The fourth-order valence-electron chi connectivity index (χ4n) is 4.38. The van der Waals surface area contributed by atoms with Gasteiger partial charge in [0.25, 0.3) is 10.0 Å². The highest BCUT2D eigenvalue weighted by atomic mass is 32.2. The van der Waals surface area contributed by atoms with Gasteiger partial charge in [-0.2, -0.15) is 17.5 Å². The molecule has 0 unspecified atom stereocenters. The molecule has 1 N–H and O–H groups in total. The Morgan fingerprint density at radius 3 is 2.17 bits per heavy atom. The van der Waals surface area contributed by atoms with Gasteiger partial charge in [0.1, 0.15) is 18.9 Å². The molecular weight excluding hydrogens is 595 g/mol. The van der Waals surface area contributed by atoms with E-state index in [1.165, 1.54) is 58.9 Å². The van der Waals surface area contributed by atoms with Gasteiger partial charge in [0, 0.05) is 13.1 Å². The molecule has 0 spiro atoms. The van der Waals surface area contributed by atoms with Crippen LogP contribution >= 0.6 is 0 Å². The summed E-state index contributed by atoms with van der Waals surface area (Å²) in [6.07, 6.45) is -2.07. The number of benzene rings is 3. The number of nitrogens with one attached hydrogen (secondary N) is 1. The average Bonchev–Trinajstić information content (AvgIpc) is 2.99. The number of carbonyl (C=O) groups excluding carboxylic acids is 1. The van der Waals surface area contributed by atoms with Crippen LogP contribution in [-0.2, 0) is 31.0 Å². The van der Waals surface area contributed by atoms with Crippen LogP contribution in [0, 0.1) is 0 Å². The molecule has 0 bridgehead atoms. The molecule has 0 saturated carbocycles. The number of piperidine rings is 1. The molecule has 1 amide bonds. The van der Waals surface area contributed by atoms with E-state index < -0.39 is 44.2 Å². The van der Waals surface area contributed by atoms with E-state index in [4.69, 9.17) is 4.74 Å². The summed E-state index contributed by atoms with van der Waals surface area (Å²) >= 11 is 0. The lowest BCUT2D eigenvalue weighted by atomic mass is 10.2. The van der Waals surface area contributed by atoms with Crippen molar-refractivity contribution in [2.24, 2.45) is 0 Å². The van der Waals surface area contributed by atoms with Crippen molar-refractivity contribution in [1.29, 1.82) is 0 Å². The van der Waals surface area contributed by atoms with Gasteiger partial charge in [0.05, 0.1) is 27.6 Å². The Balaban J connectivity index is 1.39. The Morgan fingerprint density at radius 1 is 0.857 bits per heavy atom. The van der Waals surface area contributed by atoms with Gasteiger partial charge in [0.2, 0.25) is 15.9 Å². The van der Waals surface area contributed by atoms with E-state index in [1.54, 1.807) is 6.07 Å². The number of amides is 1. The minimum atomic E-state index is -4.71. The van der Waals surface area contributed by atoms with Crippen LogP contribution in [-0.4, -0.2) is 59.8 Å². The Labute approximate surface area is 243 Å². The highest BCUT2D eigenvalue weighted by Crippen LogP contribution is 2.33. The number of ether oxygens (including phenoxy) is 1. The smallest absolute Gasteiger partial charge is 0.416 e. The summed E-state index contributed by atoms with van der Waals surface area (Å²) in [6, 6.07) is 16.7. The van der Waals surface area contributed by atoms with Crippen LogP contribution in [0.1, 0.15) is 24.8 Å². The first-order valence-electron chi connectivity index (χ1n) is 13.1. The van der Waals surface area contributed by atoms with Crippen molar-refractivity contribution in [3.8, 4) is 5.75 Å². The largest absolute Gasteiger partial charge is 0.492 e. The Morgan fingerprint density at radius 2 is 1.52 bits per heavy atom. The van der Waals surface area contributed by atoms with E-state index in [1.807, 2.05) is 0 Å². The predicted octanol–water partition coefficient (Wildman–Crippen LogP) is 4.27. The molecule has 1 fully saturated rings. The molecule has 1 saturated heterocycles. The van der Waals surface area contributed by atoms with E-state index in [9.17, 15) is 34.8 Å². The first-order valence-corrected chi connectivity index (χ1v) is 16.0. The molecule has 1 aliphatic heterocycles. The first kappa shape index (κ1) is 31.3. The highest BCUT2D eigenvalue weighted by Gasteiger charge is 2.33. The minimum Gasteiger partial charge on any atom is -0.492 e. The van der Waals surface area contributed by atoms with Crippen molar-refractivity contribution in [1.82, 2.24) is 9.62 Å². The molecule has 226 valence electrons. The second-order valence-electron chi connectivity index (χ2n) is 9.51. The lowest BCUT2D eigenvalue weighted by Gasteiger charge is -2.25. The van der Waals surface area contributed by atoms with Crippen LogP contribution in [0.2, 0.25) is 0 Å². The molecule has 0 aromatic heterocycles. The van der Waals surface area contributed by atoms with Gasteiger partial charge in [-0.3, -0.25) is 9.10 Å². The lowest BCUT2D eigenvalue weighted by Crippen LogP contribution is -2.42. The second kappa shape index (κ2) is 13.1. The summed E-state index contributed by atoms with van der Waals surface area (Å²) in [5, 5.41) is 2.51. The second-order valence-corrected chi connectivity index (χ2v) is 13.3. The van der Waals surface area contributed by atoms with Gasteiger partial charge in [-0.25, -0.2) is 16.8 Å². The number of nitrogens with zero attached hydrogens (tertiary/aromatic N) is 2. The standard InChI is InChI=1S/C28H30F3N3O6S2/c29-28(30,31)22-8-7-9-23(20-22)34(42(38,39)25-10-3-1-4-11-25)21-27(35)32-16-19-40-24-12-14-26(15-13-24)41(36,37)33-17-5-2-6-18-33/h1,3-4,7-15,20H,2,5-6,16-19,21H2,(H,32,35). The molecule has 9 nitrogen and oxygen atoms in total. The number of alkyl halides is 3. The number of hydrogen-bond donors (Lipinski definition) is 1. The molecule has 1 aliphatic rings. The monoisotopic (exact) mass is 625 g/mol. The average molecular weight is 626 g/mol. The number of sulfonamides is 2. The molecule has 0 aliphatic carbocycles. The van der Waals surface area contributed by atoms with Gasteiger partial charge in [0.15, 0.2) is 0 Å². The molecule has 3 aromatic carbocycles. The van der Waals surface area contributed by atoms with Crippen molar-refractivity contribution in [2.75, 3.05) is 37.1 Å². The SMILES string of the molecule is O=C(CN(c1cccc(C(F)(F)F)c1)S(=O)(=O)c1ccccc1)NCCOc1ccc(S(=O)(=O)N2CCCCC2)cc1. The van der Waals surface area contributed by atoms with Crippen LogP contribution in [0.5, 0.6) is 5.75 Å². The van der Waals surface area contributed by atoms with E-state index >= 15 is 0 Å². The third kappa shape index (κ3) is 7.61. The molecule has 4 rings (SSSR count). The summed E-state index contributed by atoms with van der Waals surface area (Å²) in [5.74, 6) is -0.405. The zero-order valence-electron chi connectivity index (χ0n) is 22.5. The molecule has 0 radical (unpaired) electrons. The fourth-order valence-corrected chi connectivity index (χ4v) is 7.33. The van der Waals surface area contributed by atoms with Gasteiger partial charge in [-0.1, -0.05) is 30.7 Å². The highest BCUT2D eigenvalue weighted by molar-refractivity contribution is 7.92. The van der Waals surface area contributed by atoms with Crippen LogP contribution in [0.15, 0.2) is 88.7 Å². The van der Waals surface area contributed by atoms with Crippen LogP contribution in [0.3, 0.4) is 0 Å². The number of anilines is 1. The van der Waals surface area contributed by atoms with E-state index in [-0.39, 0.29) is 28.6 Å². The van der Waals surface area contributed by atoms with Gasteiger partial charge < -0.3 is 10.1 Å². The summed E-state index contributed by atoms with van der Waals surface area (Å²) in [5.41, 5.74) is -1.38. The van der Waals surface area contributed by atoms with Crippen molar-refractivity contribution >= 4 is 31.6 Å². The van der Waals surface area contributed by atoms with E-state index in [2.05, 4.69) is 5.32 Å². The Hall–Kier alpha value is -3.62. The number of hydrogen-bond acceptors (Lipinski definition) is 6.